The minimum absolute atomic E-state index is 0.163. The van der Waals surface area contributed by atoms with Crippen molar-refractivity contribution in [1.82, 2.24) is 14.9 Å². The topological polar surface area (TPSA) is 90.5 Å². The Morgan fingerprint density at radius 3 is 2.85 bits per heavy atom. The van der Waals surface area contributed by atoms with E-state index in [-0.39, 0.29) is 18.0 Å². The van der Waals surface area contributed by atoms with E-state index < -0.39 is 0 Å². The van der Waals surface area contributed by atoms with E-state index in [1.165, 1.54) is 11.0 Å². The molecule has 3 rings (SSSR count). The van der Waals surface area contributed by atoms with E-state index in [2.05, 4.69) is 27.2 Å². The first-order valence-corrected chi connectivity index (χ1v) is 8.60. The second-order valence-electron chi connectivity index (χ2n) is 6.56. The Kier molecular flexibility index (Phi) is 5.07. The summed E-state index contributed by atoms with van der Waals surface area (Å²) >= 11 is 0. The van der Waals surface area contributed by atoms with Crippen LogP contribution in [0.15, 0.2) is 43.1 Å². The monoisotopic (exact) mass is 366 g/mol. The van der Waals surface area contributed by atoms with Crippen molar-refractivity contribution in [1.29, 1.82) is 0 Å². The highest BCUT2D eigenvalue weighted by molar-refractivity contribution is 6.02. The fourth-order valence-corrected chi connectivity index (χ4v) is 2.76. The molecule has 0 unspecified atom stereocenters. The van der Waals surface area contributed by atoms with Crippen molar-refractivity contribution < 1.29 is 9.59 Å². The number of hydrogen-bond acceptors (Lipinski definition) is 5. The van der Waals surface area contributed by atoms with Gasteiger partial charge in [-0.3, -0.25) is 4.79 Å². The van der Waals surface area contributed by atoms with Gasteiger partial charge in [0.15, 0.2) is 5.82 Å². The number of amides is 3. The van der Waals surface area contributed by atoms with E-state index in [0.717, 1.165) is 5.56 Å². The maximum atomic E-state index is 12.9. The highest BCUT2D eigenvalue weighted by atomic mass is 16.2. The molecule has 0 bridgehead atoms. The molecule has 0 saturated carbocycles. The lowest BCUT2D eigenvalue weighted by Crippen LogP contribution is -2.43. The van der Waals surface area contributed by atoms with Crippen LogP contribution in [0.5, 0.6) is 0 Å². The molecule has 0 spiro atoms. The maximum absolute atomic E-state index is 12.9. The number of hydrogen-bond donors (Lipinski definition) is 2. The summed E-state index contributed by atoms with van der Waals surface area (Å²) in [7, 11) is 1.72. The van der Waals surface area contributed by atoms with Gasteiger partial charge in [0.25, 0.3) is 0 Å². The van der Waals surface area contributed by atoms with Gasteiger partial charge in [-0.1, -0.05) is 12.6 Å². The van der Waals surface area contributed by atoms with E-state index in [0.29, 0.717) is 29.7 Å². The molecule has 0 aliphatic carbocycles. The van der Waals surface area contributed by atoms with Gasteiger partial charge in [0.05, 0.1) is 12.2 Å². The van der Waals surface area contributed by atoms with Gasteiger partial charge in [-0.05, 0) is 38.1 Å². The zero-order chi connectivity index (χ0) is 19.6. The minimum atomic E-state index is -0.319. The Balaban J connectivity index is 2.04. The van der Waals surface area contributed by atoms with E-state index in [4.69, 9.17) is 0 Å². The number of fused-ring (bicyclic) bond motifs is 1. The summed E-state index contributed by atoms with van der Waals surface area (Å²) < 4.78 is 0. The first kappa shape index (κ1) is 18.4. The molecule has 0 radical (unpaired) electrons. The minimum Gasteiger partial charge on any atom is -0.352 e. The average molecular weight is 366 g/mol. The van der Waals surface area contributed by atoms with Crippen LogP contribution in [-0.4, -0.2) is 39.9 Å². The summed E-state index contributed by atoms with van der Waals surface area (Å²) in [6, 6.07) is 6.99. The Hall–Kier alpha value is -3.42. The summed E-state index contributed by atoms with van der Waals surface area (Å²) in [6.07, 6.45) is 2.92. The van der Waals surface area contributed by atoms with Crippen LogP contribution in [-0.2, 0) is 11.3 Å². The zero-order valence-electron chi connectivity index (χ0n) is 15.6. The van der Waals surface area contributed by atoms with E-state index in [1.54, 1.807) is 42.4 Å². The molecular formula is C19H22N6O2. The molecule has 3 amide bonds. The van der Waals surface area contributed by atoms with Crippen molar-refractivity contribution in [3.63, 3.8) is 0 Å². The number of benzene rings is 1. The first-order chi connectivity index (χ1) is 12.9. The molecule has 2 heterocycles. The molecule has 0 saturated heterocycles. The van der Waals surface area contributed by atoms with Gasteiger partial charge < -0.3 is 15.5 Å². The Morgan fingerprint density at radius 1 is 1.37 bits per heavy atom. The lowest BCUT2D eigenvalue weighted by Gasteiger charge is -2.34. The zero-order valence-corrected chi connectivity index (χ0v) is 15.6. The van der Waals surface area contributed by atoms with Crippen LogP contribution in [0.3, 0.4) is 0 Å². The Labute approximate surface area is 157 Å². The van der Waals surface area contributed by atoms with Crippen molar-refractivity contribution >= 4 is 35.1 Å². The van der Waals surface area contributed by atoms with Gasteiger partial charge in [-0.25, -0.2) is 14.7 Å². The second kappa shape index (κ2) is 7.45. The number of carbonyl (C=O) groups is 2. The van der Waals surface area contributed by atoms with Crippen LogP contribution in [0.2, 0.25) is 0 Å². The molecule has 2 aromatic rings. The maximum Gasteiger partial charge on any atom is 0.330 e. The third-order valence-corrected chi connectivity index (χ3v) is 3.95. The van der Waals surface area contributed by atoms with E-state index >= 15 is 0 Å². The second-order valence-corrected chi connectivity index (χ2v) is 6.56. The summed E-state index contributed by atoms with van der Waals surface area (Å²) in [4.78, 5) is 36.5. The number of aromatic nitrogens is 2. The molecular weight excluding hydrogens is 344 g/mol. The van der Waals surface area contributed by atoms with Gasteiger partial charge in [0.2, 0.25) is 11.9 Å². The Bertz CT molecular complexity index is 896. The number of nitrogens with one attached hydrogen (secondary N) is 2. The standard InChI is InChI=1S/C19H22N6O2/c1-5-16(26)22-14-7-6-8-15(9-14)25-17-13(11-24(4)19(25)27)10-20-18(23-17)21-12(2)3/h5-10,12H,1,11H2,2-4H3,(H,22,26)(H,20,21,23). The lowest BCUT2D eigenvalue weighted by atomic mass is 10.2. The normalized spacial score (nSPS) is 13.4. The van der Waals surface area contributed by atoms with Crippen LogP contribution >= 0.6 is 0 Å². The molecule has 2 N–H and O–H groups in total. The van der Waals surface area contributed by atoms with Gasteiger partial charge in [-0.2, -0.15) is 4.98 Å². The van der Waals surface area contributed by atoms with Gasteiger partial charge >= 0.3 is 6.03 Å². The van der Waals surface area contributed by atoms with Crippen molar-refractivity contribution in [3.8, 4) is 0 Å². The third-order valence-electron chi connectivity index (χ3n) is 3.95. The molecule has 27 heavy (non-hydrogen) atoms. The number of carbonyl (C=O) groups excluding carboxylic acids is 2. The SMILES string of the molecule is C=CC(=O)Nc1cccc(N2C(=O)N(C)Cc3cnc(NC(C)C)nc32)c1. The highest BCUT2D eigenvalue weighted by Gasteiger charge is 2.31. The quantitative estimate of drug-likeness (QED) is 0.794. The van der Waals surface area contributed by atoms with Crippen molar-refractivity contribution in [2.24, 2.45) is 0 Å². The van der Waals surface area contributed by atoms with Crippen LogP contribution in [0.25, 0.3) is 0 Å². The molecule has 0 atom stereocenters. The van der Waals surface area contributed by atoms with Crippen molar-refractivity contribution in [2.75, 3.05) is 22.6 Å². The van der Waals surface area contributed by atoms with E-state index in [1.807, 2.05) is 13.8 Å². The van der Waals surface area contributed by atoms with Crippen molar-refractivity contribution in [3.05, 3.63) is 48.7 Å². The molecule has 1 aliphatic rings. The molecule has 8 heteroatoms. The largest absolute Gasteiger partial charge is 0.352 e. The summed E-state index contributed by atoms with van der Waals surface area (Å²) in [5, 5.41) is 5.86. The molecule has 1 aromatic carbocycles. The smallest absolute Gasteiger partial charge is 0.330 e. The van der Waals surface area contributed by atoms with Crippen molar-refractivity contribution in [2.45, 2.75) is 26.4 Å². The van der Waals surface area contributed by atoms with Gasteiger partial charge in [0.1, 0.15) is 0 Å². The highest BCUT2D eigenvalue weighted by Crippen LogP contribution is 2.34. The number of nitrogens with zero attached hydrogens (tertiary/aromatic N) is 4. The first-order valence-electron chi connectivity index (χ1n) is 8.60. The predicted molar refractivity (Wildman–Crippen MR) is 105 cm³/mol. The summed E-state index contributed by atoms with van der Waals surface area (Å²) in [5.41, 5.74) is 2.00. The fourth-order valence-electron chi connectivity index (χ4n) is 2.76. The van der Waals surface area contributed by atoms with Gasteiger partial charge in [0, 0.05) is 30.5 Å². The lowest BCUT2D eigenvalue weighted by molar-refractivity contribution is -0.111. The van der Waals surface area contributed by atoms with Gasteiger partial charge in [-0.15, -0.1) is 0 Å². The molecule has 8 nitrogen and oxygen atoms in total. The third kappa shape index (κ3) is 3.89. The Morgan fingerprint density at radius 2 is 2.15 bits per heavy atom. The average Bonchev–Trinajstić information content (AvgIpc) is 2.63. The number of rotatable bonds is 5. The van der Waals surface area contributed by atoms with Crippen LogP contribution in [0, 0.1) is 0 Å². The number of anilines is 4. The summed E-state index contributed by atoms with van der Waals surface area (Å²) in [6.45, 7) is 7.86. The molecule has 1 aliphatic heterocycles. The van der Waals surface area contributed by atoms with Crippen LogP contribution in [0.4, 0.5) is 27.9 Å². The predicted octanol–water partition coefficient (Wildman–Crippen LogP) is 3.12. The molecule has 140 valence electrons. The van der Waals surface area contributed by atoms with E-state index in [9.17, 15) is 9.59 Å². The fraction of sp³-hybridized carbons (Fsp3) is 0.263. The molecule has 1 aromatic heterocycles. The van der Waals surface area contributed by atoms with Crippen LogP contribution in [0.1, 0.15) is 19.4 Å². The number of urea groups is 1. The molecule has 0 fully saturated rings. The summed E-state index contributed by atoms with van der Waals surface area (Å²) in [5.74, 6) is 0.672. The van der Waals surface area contributed by atoms with Crippen LogP contribution < -0.4 is 15.5 Å².